The second-order valence-corrected chi connectivity index (χ2v) is 5.03. The van der Waals surface area contributed by atoms with Crippen molar-refractivity contribution in [3.8, 4) is 0 Å². The summed E-state index contributed by atoms with van der Waals surface area (Å²) in [6, 6.07) is 1.76. The molecule has 0 spiro atoms. The zero-order valence-electron chi connectivity index (χ0n) is 10.7. The molecule has 1 aliphatic carbocycles. The lowest BCUT2D eigenvalue weighted by Gasteiger charge is -2.36. The zero-order valence-corrected chi connectivity index (χ0v) is 10.7. The highest BCUT2D eigenvalue weighted by Crippen LogP contribution is 2.25. The van der Waals surface area contributed by atoms with Gasteiger partial charge in [0, 0.05) is 18.1 Å². The van der Waals surface area contributed by atoms with Crippen LogP contribution in [0.1, 0.15) is 58.8 Å². The molecule has 0 aromatic heterocycles. The third-order valence-corrected chi connectivity index (χ3v) is 3.96. The molecule has 0 radical (unpaired) electrons. The molecule has 2 heteroatoms. The minimum atomic E-state index is 0.366. The van der Waals surface area contributed by atoms with Gasteiger partial charge in [0.25, 0.3) is 0 Å². The number of nitrogens with zero attached hydrogens (tertiary/aromatic N) is 1. The van der Waals surface area contributed by atoms with Crippen LogP contribution in [0.2, 0.25) is 0 Å². The normalized spacial score (nSPS) is 22.2. The zero-order chi connectivity index (χ0) is 11.3. The van der Waals surface area contributed by atoms with Crippen molar-refractivity contribution in [2.45, 2.75) is 76.9 Å². The third-order valence-electron chi connectivity index (χ3n) is 3.96. The average molecular weight is 212 g/mol. The molecule has 1 aliphatic rings. The van der Waals surface area contributed by atoms with Crippen LogP contribution in [0, 0.1) is 0 Å². The molecule has 1 saturated carbocycles. The van der Waals surface area contributed by atoms with Crippen molar-refractivity contribution < 1.29 is 0 Å². The van der Waals surface area contributed by atoms with Gasteiger partial charge in [-0.25, -0.2) is 0 Å². The van der Waals surface area contributed by atoms with Crippen LogP contribution in [0.3, 0.4) is 0 Å². The minimum Gasteiger partial charge on any atom is -0.326 e. The van der Waals surface area contributed by atoms with Crippen LogP contribution in [-0.2, 0) is 0 Å². The summed E-state index contributed by atoms with van der Waals surface area (Å²) in [5, 5.41) is 0. The van der Waals surface area contributed by atoms with E-state index in [2.05, 4.69) is 25.8 Å². The van der Waals surface area contributed by atoms with E-state index < -0.39 is 0 Å². The molecule has 90 valence electrons. The van der Waals surface area contributed by atoms with E-state index in [1.54, 1.807) is 0 Å². The van der Waals surface area contributed by atoms with Gasteiger partial charge in [0.1, 0.15) is 0 Å². The summed E-state index contributed by atoms with van der Waals surface area (Å²) in [7, 11) is 2.28. The topological polar surface area (TPSA) is 29.3 Å². The van der Waals surface area contributed by atoms with E-state index in [9.17, 15) is 0 Å². The van der Waals surface area contributed by atoms with Crippen LogP contribution in [0.4, 0.5) is 0 Å². The van der Waals surface area contributed by atoms with Crippen molar-refractivity contribution in [2.75, 3.05) is 7.05 Å². The first-order valence-electron chi connectivity index (χ1n) is 6.68. The van der Waals surface area contributed by atoms with Crippen molar-refractivity contribution in [3.63, 3.8) is 0 Å². The van der Waals surface area contributed by atoms with E-state index in [-0.39, 0.29) is 0 Å². The molecule has 0 amide bonds. The van der Waals surface area contributed by atoms with Crippen molar-refractivity contribution >= 4 is 0 Å². The van der Waals surface area contributed by atoms with Gasteiger partial charge in [-0.3, -0.25) is 4.90 Å². The Balaban J connectivity index is 2.48. The Kier molecular flexibility index (Phi) is 5.62. The second-order valence-electron chi connectivity index (χ2n) is 5.03. The SMILES string of the molecule is CCCC(N)C(CC)N(C)C1CCCC1. The van der Waals surface area contributed by atoms with Gasteiger partial charge in [-0.1, -0.05) is 33.1 Å². The van der Waals surface area contributed by atoms with Crippen LogP contribution < -0.4 is 5.73 Å². The molecule has 2 N–H and O–H groups in total. The second kappa shape index (κ2) is 6.49. The first-order valence-corrected chi connectivity index (χ1v) is 6.68. The fourth-order valence-electron chi connectivity index (χ4n) is 3.00. The first-order chi connectivity index (χ1) is 7.20. The molecule has 2 nitrogen and oxygen atoms in total. The smallest absolute Gasteiger partial charge is 0.0244 e. The quantitative estimate of drug-likeness (QED) is 0.733. The van der Waals surface area contributed by atoms with Crippen molar-refractivity contribution in [1.29, 1.82) is 0 Å². The minimum absolute atomic E-state index is 0.366. The highest BCUT2D eigenvalue weighted by atomic mass is 15.2. The maximum absolute atomic E-state index is 6.27. The standard InChI is InChI=1S/C13H28N2/c1-4-8-12(14)13(5-2)15(3)11-9-6-7-10-11/h11-13H,4-10,14H2,1-3H3. The van der Waals surface area contributed by atoms with Gasteiger partial charge in [0.05, 0.1) is 0 Å². The summed E-state index contributed by atoms with van der Waals surface area (Å²) < 4.78 is 0. The number of rotatable bonds is 6. The number of hydrogen-bond donors (Lipinski definition) is 1. The summed E-state index contributed by atoms with van der Waals surface area (Å²) in [5.41, 5.74) is 6.27. The third kappa shape index (κ3) is 3.46. The Morgan fingerprint density at radius 1 is 1.27 bits per heavy atom. The summed E-state index contributed by atoms with van der Waals surface area (Å²) in [6.07, 6.45) is 9.14. The van der Waals surface area contributed by atoms with Crippen LogP contribution in [0.25, 0.3) is 0 Å². The Hall–Kier alpha value is -0.0800. The Labute approximate surface area is 95.2 Å². The predicted octanol–water partition coefficient (Wildman–Crippen LogP) is 2.77. The monoisotopic (exact) mass is 212 g/mol. The highest BCUT2D eigenvalue weighted by molar-refractivity contribution is 4.85. The van der Waals surface area contributed by atoms with Gasteiger partial charge < -0.3 is 5.73 Å². The lowest BCUT2D eigenvalue weighted by molar-refractivity contribution is 0.144. The van der Waals surface area contributed by atoms with Crippen LogP contribution >= 0.6 is 0 Å². The van der Waals surface area contributed by atoms with E-state index >= 15 is 0 Å². The summed E-state index contributed by atoms with van der Waals surface area (Å²) in [6.45, 7) is 4.49. The van der Waals surface area contributed by atoms with Gasteiger partial charge in [0.15, 0.2) is 0 Å². The van der Waals surface area contributed by atoms with Gasteiger partial charge in [-0.15, -0.1) is 0 Å². The molecular weight excluding hydrogens is 184 g/mol. The van der Waals surface area contributed by atoms with Gasteiger partial charge >= 0.3 is 0 Å². The molecule has 1 fully saturated rings. The predicted molar refractivity (Wildman–Crippen MR) is 67.0 cm³/mol. The molecule has 2 atom stereocenters. The van der Waals surface area contributed by atoms with Crippen molar-refractivity contribution in [3.05, 3.63) is 0 Å². The van der Waals surface area contributed by atoms with Crippen LogP contribution in [0.5, 0.6) is 0 Å². The Bertz CT molecular complexity index is 164. The van der Waals surface area contributed by atoms with Crippen molar-refractivity contribution in [2.24, 2.45) is 5.73 Å². The lowest BCUT2D eigenvalue weighted by atomic mass is 9.98. The van der Waals surface area contributed by atoms with E-state index in [1.807, 2.05) is 0 Å². The van der Waals surface area contributed by atoms with Gasteiger partial charge in [-0.2, -0.15) is 0 Å². The molecule has 2 unspecified atom stereocenters. The largest absolute Gasteiger partial charge is 0.326 e. The molecule has 0 saturated heterocycles. The molecule has 0 aromatic rings. The van der Waals surface area contributed by atoms with Crippen LogP contribution in [-0.4, -0.2) is 30.1 Å². The van der Waals surface area contributed by atoms with Gasteiger partial charge in [0.2, 0.25) is 0 Å². The summed E-state index contributed by atoms with van der Waals surface area (Å²) >= 11 is 0. The molecule has 1 rings (SSSR count). The highest BCUT2D eigenvalue weighted by Gasteiger charge is 2.27. The van der Waals surface area contributed by atoms with Gasteiger partial charge in [-0.05, 0) is 32.7 Å². The number of nitrogens with two attached hydrogens (primary N) is 1. The molecule has 15 heavy (non-hydrogen) atoms. The molecular formula is C13H28N2. The Morgan fingerprint density at radius 2 is 1.87 bits per heavy atom. The fourth-order valence-corrected chi connectivity index (χ4v) is 3.00. The van der Waals surface area contributed by atoms with E-state index in [0.29, 0.717) is 12.1 Å². The van der Waals surface area contributed by atoms with E-state index in [4.69, 9.17) is 5.73 Å². The fraction of sp³-hybridized carbons (Fsp3) is 1.00. The van der Waals surface area contributed by atoms with Crippen LogP contribution in [0.15, 0.2) is 0 Å². The Morgan fingerprint density at radius 3 is 2.33 bits per heavy atom. The maximum Gasteiger partial charge on any atom is 0.0244 e. The molecule has 0 heterocycles. The van der Waals surface area contributed by atoms with E-state index in [0.717, 1.165) is 12.5 Å². The molecule has 0 bridgehead atoms. The first kappa shape index (κ1) is 13.0. The summed E-state index contributed by atoms with van der Waals surface area (Å²) in [5.74, 6) is 0. The van der Waals surface area contributed by atoms with E-state index in [1.165, 1.54) is 38.5 Å². The van der Waals surface area contributed by atoms with Crippen molar-refractivity contribution in [1.82, 2.24) is 4.90 Å². The molecule has 0 aliphatic heterocycles. The number of likely N-dealkylation sites (N-methyl/N-ethyl adjacent to an activating group) is 1. The average Bonchev–Trinajstić information content (AvgIpc) is 2.71. The molecule has 0 aromatic carbocycles. The summed E-state index contributed by atoms with van der Waals surface area (Å²) in [4.78, 5) is 2.56. The lowest BCUT2D eigenvalue weighted by Crippen LogP contribution is -2.49. The maximum atomic E-state index is 6.27. The number of hydrogen-bond acceptors (Lipinski definition) is 2.